The molecule has 0 saturated heterocycles. The zero-order valence-corrected chi connectivity index (χ0v) is 13.2. The van der Waals surface area contributed by atoms with Gasteiger partial charge >= 0.3 is 0 Å². The van der Waals surface area contributed by atoms with Crippen LogP contribution in [0, 0.1) is 23.2 Å². The zero-order valence-electron chi connectivity index (χ0n) is 12.4. The average molecular weight is 280 g/mol. The Labute approximate surface area is 123 Å². The summed E-state index contributed by atoms with van der Waals surface area (Å²) in [6.07, 6.45) is 10.0. The number of hydrogen-bond acceptors (Lipinski definition) is 1. The van der Waals surface area contributed by atoms with Gasteiger partial charge < -0.3 is 10.6 Å². The summed E-state index contributed by atoms with van der Waals surface area (Å²) in [5.41, 5.74) is 0.548. The monoisotopic (exact) mass is 280 g/mol. The highest BCUT2D eigenvalue weighted by Gasteiger charge is 2.53. The highest BCUT2D eigenvalue weighted by Crippen LogP contribution is 2.61. The van der Waals surface area contributed by atoms with E-state index in [1.807, 2.05) is 0 Å². The van der Waals surface area contributed by atoms with Gasteiger partial charge in [-0.2, -0.15) is 0 Å². The van der Waals surface area contributed by atoms with Gasteiger partial charge in [0.25, 0.3) is 0 Å². The number of hydrogen-bond donors (Lipinski definition) is 2. The summed E-state index contributed by atoms with van der Waals surface area (Å²) in [5, 5.41) is 7.77. The van der Waals surface area contributed by atoms with Gasteiger partial charge in [0.05, 0.1) is 0 Å². The van der Waals surface area contributed by atoms with E-state index < -0.39 is 0 Å². The van der Waals surface area contributed by atoms with E-state index in [1.165, 1.54) is 38.5 Å². The van der Waals surface area contributed by atoms with E-state index in [9.17, 15) is 0 Å². The third-order valence-corrected chi connectivity index (χ3v) is 6.15. The summed E-state index contributed by atoms with van der Waals surface area (Å²) in [6.45, 7) is 5.53. The molecule has 2 N–H and O–H groups in total. The number of nitrogens with one attached hydrogen (secondary N) is 2. The zero-order chi connectivity index (χ0) is 13.5. The molecule has 0 amide bonds. The van der Waals surface area contributed by atoms with Gasteiger partial charge in [-0.1, -0.05) is 6.92 Å². The van der Waals surface area contributed by atoms with Crippen molar-refractivity contribution in [3.8, 4) is 0 Å². The van der Waals surface area contributed by atoms with Crippen molar-refractivity contribution in [2.24, 2.45) is 23.2 Å². The molecule has 2 nitrogen and oxygen atoms in total. The predicted octanol–water partition coefficient (Wildman–Crippen LogP) is 3.47. The van der Waals surface area contributed by atoms with Crippen LogP contribution in [-0.2, 0) is 0 Å². The molecule has 19 heavy (non-hydrogen) atoms. The first-order valence-corrected chi connectivity index (χ1v) is 8.56. The van der Waals surface area contributed by atoms with Gasteiger partial charge in [-0.15, -0.1) is 0 Å². The molecular formula is C16H28N2S. The minimum absolute atomic E-state index is 0.540. The van der Waals surface area contributed by atoms with E-state index in [4.69, 9.17) is 12.2 Å². The summed E-state index contributed by atoms with van der Waals surface area (Å²) in [5.74, 6) is 3.06. The molecule has 1 atom stereocenters. The molecule has 0 aliphatic heterocycles. The fourth-order valence-electron chi connectivity index (χ4n) is 5.35. The van der Waals surface area contributed by atoms with Gasteiger partial charge in [0.1, 0.15) is 0 Å². The Morgan fingerprint density at radius 2 is 1.68 bits per heavy atom. The number of rotatable bonds is 4. The maximum absolute atomic E-state index is 5.43. The SMILES string of the molecule is CCCNC(=S)NC(C)C12CC3CC(CC(C3)C1)C2. The predicted molar refractivity (Wildman–Crippen MR) is 84.1 cm³/mol. The lowest BCUT2D eigenvalue weighted by atomic mass is 9.48. The number of thiocarbonyl (C=S) groups is 1. The van der Waals surface area contributed by atoms with Crippen molar-refractivity contribution in [3.05, 3.63) is 0 Å². The topological polar surface area (TPSA) is 24.1 Å². The van der Waals surface area contributed by atoms with Crippen LogP contribution in [0.3, 0.4) is 0 Å². The molecule has 0 radical (unpaired) electrons. The van der Waals surface area contributed by atoms with Gasteiger partial charge in [-0.25, -0.2) is 0 Å². The lowest BCUT2D eigenvalue weighted by Gasteiger charge is -2.59. The maximum atomic E-state index is 5.43. The summed E-state index contributed by atoms with van der Waals surface area (Å²) < 4.78 is 0. The molecular weight excluding hydrogens is 252 g/mol. The van der Waals surface area contributed by atoms with Gasteiger partial charge in [0.2, 0.25) is 0 Å². The summed E-state index contributed by atoms with van der Waals surface area (Å²) >= 11 is 5.43. The Balaban J connectivity index is 1.63. The van der Waals surface area contributed by atoms with E-state index >= 15 is 0 Å². The van der Waals surface area contributed by atoms with E-state index in [1.54, 1.807) is 0 Å². The maximum Gasteiger partial charge on any atom is 0.166 e. The third kappa shape index (κ3) is 2.63. The molecule has 1 unspecified atom stereocenters. The van der Waals surface area contributed by atoms with Crippen LogP contribution < -0.4 is 10.6 Å². The van der Waals surface area contributed by atoms with Crippen LogP contribution in [0.5, 0.6) is 0 Å². The second-order valence-electron chi connectivity index (χ2n) is 7.40. The van der Waals surface area contributed by atoms with Crippen molar-refractivity contribution < 1.29 is 0 Å². The van der Waals surface area contributed by atoms with Crippen molar-refractivity contribution in [2.45, 2.75) is 64.8 Å². The summed E-state index contributed by atoms with van der Waals surface area (Å²) in [6, 6.07) is 0.540. The first-order valence-electron chi connectivity index (χ1n) is 8.15. The molecule has 4 saturated carbocycles. The molecule has 0 spiro atoms. The first kappa shape index (κ1) is 13.7. The fourth-order valence-corrected chi connectivity index (χ4v) is 5.63. The Hall–Kier alpha value is -0.310. The van der Waals surface area contributed by atoms with Crippen LogP contribution >= 0.6 is 12.2 Å². The molecule has 4 fully saturated rings. The molecule has 3 heteroatoms. The van der Waals surface area contributed by atoms with Crippen molar-refractivity contribution in [1.29, 1.82) is 0 Å². The standard InChI is InChI=1S/C16H28N2S/c1-3-4-17-15(19)18-11(2)16-8-12-5-13(9-16)7-14(6-12)10-16/h11-14H,3-10H2,1-2H3,(H2,17,18,19). The minimum atomic E-state index is 0.540. The normalized spacial score (nSPS) is 41.1. The lowest BCUT2D eigenvalue weighted by Crippen LogP contribution is -2.57. The first-order chi connectivity index (χ1) is 9.11. The van der Waals surface area contributed by atoms with E-state index in [0.717, 1.165) is 35.8 Å². The van der Waals surface area contributed by atoms with E-state index in [2.05, 4.69) is 24.5 Å². The second kappa shape index (κ2) is 5.23. The Morgan fingerprint density at radius 3 is 2.16 bits per heavy atom. The van der Waals surface area contributed by atoms with Crippen LogP contribution in [0.4, 0.5) is 0 Å². The van der Waals surface area contributed by atoms with Crippen LogP contribution in [0.25, 0.3) is 0 Å². The molecule has 0 heterocycles. The van der Waals surface area contributed by atoms with Crippen molar-refractivity contribution >= 4 is 17.3 Å². The van der Waals surface area contributed by atoms with Crippen molar-refractivity contribution in [3.63, 3.8) is 0 Å². The molecule has 4 aliphatic carbocycles. The Morgan fingerprint density at radius 1 is 1.16 bits per heavy atom. The van der Waals surface area contributed by atoms with Gasteiger partial charge in [-0.3, -0.25) is 0 Å². The quantitative estimate of drug-likeness (QED) is 0.771. The van der Waals surface area contributed by atoms with Crippen molar-refractivity contribution in [2.75, 3.05) is 6.54 Å². The molecule has 0 aromatic carbocycles. The second-order valence-corrected chi connectivity index (χ2v) is 7.81. The lowest BCUT2D eigenvalue weighted by molar-refractivity contribution is -0.0672. The molecule has 4 rings (SSSR count). The van der Waals surface area contributed by atoms with Gasteiger partial charge in [0.15, 0.2) is 5.11 Å². The largest absolute Gasteiger partial charge is 0.363 e. The van der Waals surface area contributed by atoms with Gasteiger partial charge in [0, 0.05) is 12.6 Å². The summed E-state index contributed by atoms with van der Waals surface area (Å²) in [7, 11) is 0. The third-order valence-electron chi connectivity index (χ3n) is 5.89. The molecule has 0 aromatic rings. The average Bonchev–Trinajstić information content (AvgIpc) is 2.34. The molecule has 4 bridgehead atoms. The smallest absolute Gasteiger partial charge is 0.166 e. The van der Waals surface area contributed by atoms with Crippen LogP contribution in [-0.4, -0.2) is 17.7 Å². The Kier molecular flexibility index (Phi) is 3.76. The Bertz CT molecular complexity index is 317. The fraction of sp³-hybridized carbons (Fsp3) is 0.938. The summed E-state index contributed by atoms with van der Waals surface area (Å²) in [4.78, 5) is 0. The van der Waals surface area contributed by atoms with Crippen LogP contribution in [0.1, 0.15) is 58.8 Å². The highest BCUT2D eigenvalue weighted by atomic mass is 32.1. The van der Waals surface area contributed by atoms with Crippen LogP contribution in [0.15, 0.2) is 0 Å². The van der Waals surface area contributed by atoms with Gasteiger partial charge in [-0.05, 0) is 87.3 Å². The highest BCUT2D eigenvalue weighted by molar-refractivity contribution is 7.80. The van der Waals surface area contributed by atoms with E-state index in [-0.39, 0.29) is 0 Å². The minimum Gasteiger partial charge on any atom is -0.363 e. The molecule has 4 aliphatic rings. The molecule has 0 aromatic heterocycles. The van der Waals surface area contributed by atoms with E-state index in [0.29, 0.717) is 11.5 Å². The van der Waals surface area contributed by atoms with Crippen molar-refractivity contribution in [1.82, 2.24) is 10.6 Å². The van der Waals surface area contributed by atoms with Crippen LogP contribution in [0.2, 0.25) is 0 Å². The molecule has 108 valence electrons.